The van der Waals surface area contributed by atoms with Gasteiger partial charge in [0.05, 0.1) is 14.2 Å². The predicted molar refractivity (Wildman–Crippen MR) is 72.3 cm³/mol. The van der Waals surface area contributed by atoms with E-state index in [1.165, 1.54) is 5.56 Å². The third-order valence-corrected chi connectivity index (χ3v) is 3.48. The average molecular weight is 250 g/mol. The topological polar surface area (TPSA) is 42.5 Å². The minimum Gasteiger partial charge on any atom is -0.496 e. The normalized spacial score (nSPS) is 15.3. The molecule has 0 atom stereocenters. The van der Waals surface area contributed by atoms with E-state index < -0.39 is 0 Å². The number of nitrogens with one attached hydrogen (secondary N) is 2. The van der Waals surface area contributed by atoms with Crippen LogP contribution in [-0.2, 0) is 6.54 Å². The molecule has 1 saturated heterocycles. The summed E-state index contributed by atoms with van der Waals surface area (Å²) in [7, 11) is 3.39. The molecule has 1 heterocycles. The van der Waals surface area contributed by atoms with Crippen molar-refractivity contribution in [1.82, 2.24) is 10.6 Å². The van der Waals surface area contributed by atoms with E-state index in [0.717, 1.165) is 49.2 Å². The Hall–Kier alpha value is -1.26. The predicted octanol–water partition coefficient (Wildman–Crippen LogP) is 1.32. The third-order valence-electron chi connectivity index (χ3n) is 3.48. The molecule has 4 heteroatoms. The van der Waals surface area contributed by atoms with Crippen molar-refractivity contribution < 1.29 is 9.47 Å². The number of ether oxygens (including phenoxy) is 2. The fraction of sp³-hybridized carbons (Fsp3) is 0.571. The standard InChI is InChI=1S/C14H22N2O2/c1-10-13(17-2)5-4-12(14(10)18-3)9-16-8-11-6-15-7-11/h4-5,11,15-16H,6-9H2,1-3H3. The maximum absolute atomic E-state index is 5.48. The molecule has 0 radical (unpaired) electrons. The first-order valence-corrected chi connectivity index (χ1v) is 6.38. The Bertz CT molecular complexity index is 403. The van der Waals surface area contributed by atoms with Gasteiger partial charge in [-0.15, -0.1) is 0 Å². The summed E-state index contributed by atoms with van der Waals surface area (Å²) in [6, 6.07) is 4.07. The molecule has 0 saturated carbocycles. The van der Waals surface area contributed by atoms with Gasteiger partial charge in [-0.1, -0.05) is 6.07 Å². The Kier molecular flexibility index (Phi) is 4.44. The summed E-state index contributed by atoms with van der Waals surface area (Å²) in [4.78, 5) is 0. The molecule has 1 fully saturated rings. The van der Waals surface area contributed by atoms with Crippen molar-refractivity contribution in [3.05, 3.63) is 23.3 Å². The molecule has 1 aliphatic rings. The number of benzene rings is 1. The minimum atomic E-state index is 0.773. The fourth-order valence-electron chi connectivity index (χ4n) is 2.28. The van der Waals surface area contributed by atoms with Crippen LogP contribution in [0.4, 0.5) is 0 Å². The molecule has 2 rings (SSSR count). The molecule has 2 N–H and O–H groups in total. The Morgan fingerprint density at radius 3 is 2.61 bits per heavy atom. The molecule has 0 aliphatic carbocycles. The first-order valence-electron chi connectivity index (χ1n) is 6.38. The second-order valence-corrected chi connectivity index (χ2v) is 4.74. The second kappa shape index (κ2) is 6.07. The van der Waals surface area contributed by atoms with Crippen molar-refractivity contribution in [2.75, 3.05) is 33.9 Å². The zero-order chi connectivity index (χ0) is 13.0. The Morgan fingerprint density at radius 2 is 2.06 bits per heavy atom. The zero-order valence-corrected chi connectivity index (χ0v) is 11.4. The van der Waals surface area contributed by atoms with Gasteiger partial charge in [0.2, 0.25) is 0 Å². The third kappa shape index (κ3) is 2.76. The molecule has 0 bridgehead atoms. The Balaban J connectivity index is 1.99. The summed E-state index contributed by atoms with van der Waals surface area (Å²) in [6.45, 7) is 6.18. The van der Waals surface area contributed by atoms with Crippen molar-refractivity contribution in [3.8, 4) is 11.5 Å². The van der Waals surface area contributed by atoms with Crippen LogP contribution in [0.15, 0.2) is 12.1 Å². The molecule has 1 aromatic rings. The molecule has 4 nitrogen and oxygen atoms in total. The molecule has 0 aromatic heterocycles. The van der Waals surface area contributed by atoms with E-state index in [0.29, 0.717) is 0 Å². The van der Waals surface area contributed by atoms with Crippen LogP contribution in [0.25, 0.3) is 0 Å². The highest BCUT2D eigenvalue weighted by Crippen LogP contribution is 2.31. The summed E-state index contributed by atoms with van der Waals surface area (Å²) in [6.07, 6.45) is 0. The van der Waals surface area contributed by atoms with Crippen molar-refractivity contribution >= 4 is 0 Å². The first kappa shape index (κ1) is 13.2. The lowest BCUT2D eigenvalue weighted by molar-refractivity contribution is 0.329. The lowest BCUT2D eigenvalue weighted by atomic mass is 10.0. The van der Waals surface area contributed by atoms with E-state index in [2.05, 4.69) is 16.7 Å². The summed E-state index contributed by atoms with van der Waals surface area (Å²) < 4.78 is 10.8. The monoisotopic (exact) mass is 250 g/mol. The quantitative estimate of drug-likeness (QED) is 0.799. The first-order chi connectivity index (χ1) is 8.76. The van der Waals surface area contributed by atoms with Crippen molar-refractivity contribution in [1.29, 1.82) is 0 Å². The van der Waals surface area contributed by atoms with Crippen LogP contribution in [-0.4, -0.2) is 33.9 Å². The molecule has 100 valence electrons. The van der Waals surface area contributed by atoms with Crippen LogP contribution < -0.4 is 20.1 Å². The van der Waals surface area contributed by atoms with Crippen LogP contribution in [0.5, 0.6) is 11.5 Å². The van der Waals surface area contributed by atoms with E-state index in [-0.39, 0.29) is 0 Å². The Morgan fingerprint density at radius 1 is 1.28 bits per heavy atom. The van der Waals surface area contributed by atoms with E-state index in [9.17, 15) is 0 Å². The van der Waals surface area contributed by atoms with Gasteiger partial charge in [0, 0.05) is 37.3 Å². The van der Waals surface area contributed by atoms with Crippen LogP contribution >= 0.6 is 0 Å². The van der Waals surface area contributed by atoms with Gasteiger partial charge in [-0.2, -0.15) is 0 Å². The molecular formula is C14H22N2O2. The Labute approximate surface area is 109 Å². The number of hydrogen-bond donors (Lipinski definition) is 2. The fourth-order valence-corrected chi connectivity index (χ4v) is 2.28. The van der Waals surface area contributed by atoms with Crippen molar-refractivity contribution in [2.24, 2.45) is 5.92 Å². The number of hydrogen-bond acceptors (Lipinski definition) is 4. The molecule has 1 aliphatic heterocycles. The number of methoxy groups -OCH3 is 2. The van der Waals surface area contributed by atoms with Gasteiger partial charge in [0.1, 0.15) is 11.5 Å². The van der Waals surface area contributed by atoms with E-state index in [4.69, 9.17) is 9.47 Å². The van der Waals surface area contributed by atoms with Gasteiger partial charge >= 0.3 is 0 Å². The van der Waals surface area contributed by atoms with Gasteiger partial charge in [0.25, 0.3) is 0 Å². The molecule has 1 aromatic carbocycles. The van der Waals surface area contributed by atoms with Crippen LogP contribution in [0.3, 0.4) is 0 Å². The minimum absolute atomic E-state index is 0.773. The van der Waals surface area contributed by atoms with Crippen LogP contribution in [0.1, 0.15) is 11.1 Å². The maximum Gasteiger partial charge on any atom is 0.129 e. The van der Waals surface area contributed by atoms with Crippen molar-refractivity contribution in [3.63, 3.8) is 0 Å². The van der Waals surface area contributed by atoms with Gasteiger partial charge < -0.3 is 20.1 Å². The molecule has 18 heavy (non-hydrogen) atoms. The SMILES string of the molecule is COc1ccc(CNCC2CNC2)c(OC)c1C. The zero-order valence-electron chi connectivity index (χ0n) is 11.4. The summed E-state index contributed by atoms with van der Waals surface area (Å²) in [5.74, 6) is 2.57. The van der Waals surface area contributed by atoms with Gasteiger partial charge in [0.15, 0.2) is 0 Å². The van der Waals surface area contributed by atoms with Gasteiger partial charge in [-0.05, 0) is 18.9 Å². The summed E-state index contributed by atoms with van der Waals surface area (Å²) in [5.41, 5.74) is 2.24. The average Bonchev–Trinajstić information content (AvgIpc) is 2.32. The van der Waals surface area contributed by atoms with E-state index in [1.54, 1.807) is 14.2 Å². The lowest BCUT2D eigenvalue weighted by Crippen LogP contribution is -2.47. The smallest absolute Gasteiger partial charge is 0.129 e. The van der Waals surface area contributed by atoms with E-state index >= 15 is 0 Å². The highest BCUT2D eigenvalue weighted by atomic mass is 16.5. The molecule has 0 unspecified atom stereocenters. The van der Waals surface area contributed by atoms with Crippen LogP contribution in [0, 0.1) is 12.8 Å². The highest BCUT2D eigenvalue weighted by molar-refractivity contribution is 5.49. The van der Waals surface area contributed by atoms with Crippen LogP contribution in [0.2, 0.25) is 0 Å². The summed E-state index contributed by atoms with van der Waals surface area (Å²) in [5, 5.41) is 6.76. The lowest BCUT2D eigenvalue weighted by Gasteiger charge is -2.27. The highest BCUT2D eigenvalue weighted by Gasteiger charge is 2.16. The molecular weight excluding hydrogens is 228 g/mol. The molecule has 0 spiro atoms. The second-order valence-electron chi connectivity index (χ2n) is 4.74. The van der Waals surface area contributed by atoms with Gasteiger partial charge in [-0.3, -0.25) is 0 Å². The molecule has 0 amide bonds. The van der Waals surface area contributed by atoms with Gasteiger partial charge in [-0.25, -0.2) is 0 Å². The van der Waals surface area contributed by atoms with E-state index in [1.807, 2.05) is 13.0 Å². The largest absolute Gasteiger partial charge is 0.496 e. The van der Waals surface area contributed by atoms with Crippen molar-refractivity contribution in [2.45, 2.75) is 13.5 Å². The summed E-state index contributed by atoms with van der Waals surface area (Å²) >= 11 is 0. The maximum atomic E-state index is 5.48. The number of rotatable bonds is 6.